The lowest BCUT2D eigenvalue weighted by Crippen LogP contribution is -2.50. The number of likely N-dealkylation sites (tertiary alicyclic amines) is 1. The standard InChI is InChI=1S/C34H45FN4O7/c35-20-27(37-34(43)44)22-6-8-23(9-7-22)32(41)39-13-12-26(21-4-2-1-3-5-21)30(39)31(40)36-25-10-11-28-24(18-25)19-29(46-28)33(42)38-14-16-45-17-15-38/h10-11,18-19,21-23,26-27,30,37H,1-9,12-17,20H2,(H,36,40)(H,43,44)/t22?,23?,26-,27?,30-/m0/s1. The van der Waals surface area contributed by atoms with E-state index < -0.39 is 24.9 Å². The molecule has 12 heteroatoms. The molecule has 4 fully saturated rings. The van der Waals surface area contributed by atoms with Crippen LogP contribution in [0.1, 0.15) is 74.8 Å². The number of hydrogen-bond donors (Lipinski definition) is 3. The summed E-state index contributed by atoms with van der Waals surface area (Å²) in [6, 6.07) is 5.66. The molecule has 4 amide bonds. The summed E-state index contributed by atoms with van der Waals surface area (Å²) in [5.74, 6) is -0.138. The number of ether oxygens (including phenoxy) is 1. The number of anilines is 1. The van der Waals surface area contributed by atoms with Crippen LogP contribution in [0.25, 0.3) is 11.0 Å². The van der Waals surface area contributed by atoms with E-state index in [4.69, 9.17) is 14.3 Å². The topological polar surface area (TPSA) is 141 Å². The molecule has 3 heterocycles. The number of hydrogen-bond acceptors (Lipinski definition) is 6. The van der Waals surface area contributed by atoms with Crippen molar-refractivity contribution in [2.45, 2.75) is 76.3 Å². The summed E-state index contributed by atoms with van der Waals surface area (Å²) in [6.07, 6.45) is 7.33. The monoisotopic (exact) mass is 640 g/mol. The Kier molecular flexibility index (Phi) is 10.1. The maximum absolute atomic E-state index is 14.1. The van der Waals surface area contributed by atoms with Gasteiger partial charge in [0.25, 0.3) is 5.91 Å². The Bertz CT molecular complexity index is 1410. The zero-order valence-electron chi connectivity index (χ0n) is 26.3. The molecule has 1 aromatic carbocycles. The fourth-order valence-corrected chi connectivity index (χ4v) is 8.26. The van der Waals surface area contributed by atoms with Gasteiger partial charge in [0.2, 0.25) is 11.8 Å². The van der Waals surface area contributed by atoms with Gasteiger partial charge in [0.05, 0.1) is 19.3 Å². The normalized spacial score (nSPS) is 26.5. The van der Waals surface area contributed by atoms with Crippen molar-refractivity contribution in [3.05, 3.63) is 30.0 Å². The fourth-order valence-electron chi connectivity index (χ4n) is 8.26. The predicted molar refractivity (Wildman–Crippen MR) is 168 cm³/mol. The summed E-state index contributed by atoms with van der Waals surface area (Å²) < 4.78 is 24.8. The van der Waals surface area contributed by atoms with Crippen LogP contribution in [0.2, 0.25) is 0 Å². The van der Waals surface area contributed by atoms with Crippen LogP contribution in [-0.2, 0) is 14.3 Å². The van der Waals surface area contributed by atoms with E-state index in [0.29, 0.717) is 81.1 Å². The second-order valence-corrected chi connectivity index (χ2v) is 13.4. The molecule has 6 rings (SSSR count). The van der Waals surface area contributed by atoms with Crippen molar-refractivity contribution < 1.29 is 37.8 Å². The quantitative estimate of drug-likeness (QED) is 0.367. The van der Waals surface area contributed by atoms with E-state index in [1.54, 1.807) is 34.1 Å². The van der Waals surface area contributed by atoms with Crippen LogP contribution in [-0.4, -0.2) is 90.3 Å². The minimum atomic E-state index is -1.24. The average molecular weight is 641 g/mol. The van der Waals surface area contributed by atoms with E-state index in [2.05, 4.69) is 10.6 Å². The van der Waals surface area contributed by atoms with Crippen molar-refractivity contribution in [1.82, 2.24) is 15.1 Å². The maximum atomic E-state index is 14.1. The molecule has 2 aliphatic heterocycles. The molecule has 0 bridgehead atoms. The van der Waals surface area contributed by atoms with Crippen LogP contribution in [0.5, 0.6) is 0 Å². The zero-order chi connectivity index (χ0) is 32.2. The first-order chi connectivity index (χ1) is 22.3. The number of nitrogens with zero attached hydrogens (tertiary/aromatic N) is 2. The SMILES string of the molecule is O=C(O)NC(CF)C1CCC(C(=O)N2CC[C@@H](C3CCCCC3)[C@H]2C(=O)Nc2ccc3oc(C(=O)N4CCOCC4)cc3c2)CC1. The molecular formula is C34H45FN4O7. The van der Waals surface area contributed by atoms with Gasteiger partial charge in [-0.25, -0.2) is 9.18 Å². The number of fused-ring (bicyclic) bond motifs is 1. The molecule has 2 saturated carbocycles. The van der Waals surface area contributed by atoms with Crippen LogP contribution >= 0.6 is 0 Å². The number of amides is 4. The van der Waals surface area contributed by atoms with Crippen LogP contribution in [0.3, 0.4) is 0 Å². The molecule has 11 nitrogen and oxygen atoms in total. The van der Waals surface area contributed by atoms with E-state index in [1.165, 1.54) is 6.42 Å². The van der Waals surface area contributed by atoms with Crippen molar-refractivity contribution in [3.63, 3.8) is 0 Å². The van der Waals surface area contributed by atoms with E-state index in [1.807, 2.05) is 0 Å². The van der Waals surface area contributed by atoms with Crippen molar-refractivity contribution in [3.8, 4) is 0 Å². The Labute approximate surface area is 268 Å². The first kappa shape index (κ1) is 32.3. The number of benzene rings is 1. The van der Waals surface area contributed by atoms with Crippen molar-refractivity contribution in [2.75, 3.05) is 44.8 Å². The first-order valence-corrected chi connectivity index (χ1v) is 16.9. The summed E-state index contributed by atoms with van der Waals surface area (Å²) in [7, 11) is 0. The minimum Gasteiger partial charge on any atom is -0.465 e. The lowest BCUT2D eigenvalue weighted by molar-refractivity contribution is -0.142. The number of carboxylic acid groups (broad SMARTS) is 1. The Morgan fingerprint density at radius 1 is 0.935 bits per heavy atom. The summed E-state index contributed by atoms with van der Waals surface area (Å²) >= 11 is 0. The first-order valence-electron chi connectivity index (χ1n) is 16.9. The molecule has 3 atom stereocenters. The highest BCUT2D eigenvalue weighted by molar-refractivity contribution is 6.01. The Balaban J connectivity index is 1.16. The van der Waals surface area contributed by atoms with Gasteiger partial charge < -0.3 is 34.7 Å². The number of morpholine rings is 1. The van der Waals surface area contributed by atoms with E-state index in [9.17, 15) is 23.6 Å². The second-order valence-electron chi connectivity index (χ2n) is 13.4. The van der Waals surface area contributed by atoms with Gasteiger partial charge in [0.15, 0.2) is 5.76 Å². The number of furan rings is 1. The maximum Gasteiger partial charge on any atom is 0.404 e. The van der Waals surface area contributed by atoms with Gasteiger partial charge in [0.1, 0.15) is 18.3 Å². The molecule has 1 aromatic heterocycles. The number of alkyl halides is 1. The molecule has 250 valence electrons. The number of halogens is 1. The molecule has 4 aliphatic rings. The van der Waals surface area contributed by atoms with E-state index in [-0.39, 0.29) is 41.2 Å². The number of carbonyl (C=O) groups excluding carboxylic acids is 3. The van der Waals surface area contributed by atoms with Gasteiger partial charge in [-0.2, -0.15) is 0 Å². The number of rotatable bonds is 8. The molecular weight excluding hydrogens is 595 g/mol. The molecule has 0 radical (unpaired) electrons. The van der Waals surface area contributed by atoms with Crippen LogP contribution < -0.4 is 10.6 Å². The largest absolute Gasteiger partial charge is 0.465 e. The Morgan fingerprint density at radius 2 is 1.67 bits per heavy atom. The number of carbonyl (C=O) groups is 4. The highest BCUT2D eigenvalue weighted by atomic mass is 19.1. The molecule has 1 unspecified atom stereocenters. The van der Waals surface area contributed by atoms with E-state index in [0.717, 1.165) is 32.1 Å². The lowest BCUT2D eigenvalue weighted by Gasteiger charge is -2.37. The molecule has 2 aromatic rings. The highest BCUT2D eigenvalue weighted by Crippen LogP contribution is 2.41. The average Bonchev–Trinajstić information content (AvgIpc) is 3.72. The van der Waals surface area contributed by atoms with Crippen molar-refractivity contribution in [2.24, 2.45) is 23.7 Å². The van der Waals surface area contributed by atoms with Gasteiger partial charge in [-0.05, 0) is 74.1 Å². The van der Waals surface area contributed by atoms with Crippen LogP contribution in [0.15, 0.2) is 28.7 Å². The predicted octanol–water partition coefficient (Wildman–Crippen LogP) is 5.05. The highest BCUT2D eigenvalue weighted by Gasteiger charge is 2.47. The van der Waals surface area contributed by atoms with Gasteiger partial charge in [0, 0.05) is 36.6 Å². The van der Waals surface area contributed by atoms with Gasteiger partial charge >= 0.3 is 6.09 Å². The second kappa shape index (κ2) is 14.4. The minimum absolute atomic E-state index is 0.0311. The lowest BCUT2D eigenvalue weighted by atomic mass is 9.76. The molecule has 0 spiro atoms. The third-order valence-electron chi connectivity index (χ3n) is 10.7. The zero-order valence-corrected chi connectivity index (χ0v) is 26.3. The molecule has 46 heavy (non-hydrogen) atoms. The van der Waals surface area contributed by atoms with Gasteiger partial charge in [-0.1, -0.05) is 32.1 Å². The molecule has 2 aliphatic carbocycles. The van der Waals surface area contributed by atoms with Crippen LogP contribution in [0.4, 0.5) is 14.9 Å². The van der Waals surface area contributed by atoms with Crippen molar-refractivity contribution >= 4 is 40.5 Å². The third kappa shape index (κ3) is 7.01. The molecule has 3 N–H and O–H groups in total. The van der Waals surface area contributed by atoms with Gasteiger partial charge in [-0.3, -0.25) is 14.4 Å². The molecule has 2 saturated heterocycles. The Hall–Kier alpha value is -3.67. The van der Waals surface area contributed by atoms with Gasteiger partial charge in [-0.15, -0.1) is 0 Å². The van der Waals surface area contributed by atoms with E-state index >= 15 is 0 Å². The summed E-state index contributed by atoms with van der Waals surface area (Å²) in [4.78, 5) is 55.7. The number of nitrogens with one attached hydrogen (secondary N) is 2. The fraction of sp³-hybridized carbons (Fsp3) is 0.647. The Morgan fingerprint density at radius 3 is 2.37 bits per heavy atom. The van der Waals surface area contributed by atoms with Crippen LogP contribution in [0, 0.1) is 23.7 Å². The summed E-state index contributed by atoms with van der Waals surface area (Å²) in [5.41, 5.74) is 1.13. The smallest absolute Gasteiger partial charge is 0.404 e. The summed E-state index contributed by atoms with van der Waals surface area (Å²) in [6.45, 7) is 1.77. The van der Waals surface area contributed by atoms with Crippen molar-refractivity contribution in [1.29, 1.82) is 0 Å². The third-order valence-corrected chi connectivity index (χ3v) is 10.7. The summed E-state index contributed by atoms with van der Waals surface area (Å²) in [5, 5.41) is 15.2.